The predicted molar refractivity (Wildman–Crippen MR) is 114 cm³/mol. The van der Waals surface area contributed by atoms with Gasteiger partial charge in [-0.25, -0.2) is 9.97 Å². The first-order valence-corrected chi connectivity index (χ1v) is 9.97. The third kappa shape index (κ3) is 3.50. The summed E-state index contributed by atoms with van der Waals surface area (Å²) in [7, 11) is 0. The zero-order valence-corrected chi connectivity index (χ0v) is 17.0. The summed E-state index contributed by atoms with van der Waals surface area (Å²) in [4.78, 5) is 9.54. The van der Waals surface area contributed by atoms with E-state index in [-0.39, 0.29) is 0 Å². The molecule has 0 atom stereocenters. The maximum absolute atomic E-state index is 9.36. The molecular formula is C24H23N5. The molecule has 0 amide bonds. The Kier molecular flexibility index (Phi) is 5.09. The molecule has 144 valence electrons. The van der Waals surface area contributed by atoms with E-state index >= 15 is 0 Å². The zero-order valence-electron chi connectivity index (χ0n) is 17.0. The van der Waals surface area contributed by atoms with Gasteiger partial charge in [-0.05, 0) is 36.1 Å². The van der Waals surface area contributed by atoms with E-state index in [1.54, 1.807) is 0 Å². The van der Waals surface area contributed by atoms with Gasteiger partial charge < -0.3 is 0 Å². The minimum absolute atomic E-state index is 0.688. The van der Waals surface area contributed by atoms with Gasteiger partial charge in [0.15, 0.2) is 11.5 Å². The molecule has 0 fully saturated rings. The summed E-state index contributed by atoms with van der Waals surface area (Å²) in [6, 6.07) is 18.4. The Morgan fingerprint density at radius 1 is 0.966 bits per heavy atom. The van der Waals surface area contributed by atoms with Gasteiger partial charge in [-0.1, -0.05) is 56.3 Å². The van der Waals surface area contributed by atoms with Crippen LogP contribution in [0.25, 0.3) is 16.8 Å². The van der Waals surface area contributed by atoms with Crippen LogP contribution in [0.2, 0.25) is 0 Å². The highest BCUT2D eigenvalue weighted by Crippen LogP contribution is 2.25. The highest BCUT2D eigenvalue weighted by atomic mass is 15.3. The minimum Gasteiger partial charge on any atom is -0.238 e. The molecular weight excluding hydrogens is 358 g/mol. The number of aromatic nitrogens is 4. The van der Waals surface area contributed by atoms with Crippen LogP contribution in [0.1, 0.15) is 47.9 Å². The molecule has 2 aromatic heterocycles. The molecule has 0 aliphatic heterocycles. The molecule has 0 saturated heterocycles. The molecule has 4 aromatic rings. The van der Waals surface area contributed by atoms with Crippen LogP contribution >= 0.6 is 0 Å². The van der Waals surface area contributed by atoms with Crippen molar-refractivity contribution in [2.45, 2.75) is 40.0 Å². The summed E-state index contributed by atoms with van der Waals surface area (Å²) < 4.78 is 1.87. The van der Waals surface area contributed by atoms with Gasteiger partial charge in [0.25, 0.3) is 0 Å². The maximum Gasteiger partial charge on any atom is 0.163 e. The molecule has 0 spiro atoms. The molecule has 2 heterocycles. The number of aryl methyl sites for hydroxylation is 3. The quantitative estimate of drug-likeness (QED) is 0.503. The Morgan fingerprint density at radius 2 is 1.72 bits per heavy atom. The lowest BCUT2D eigenvalue weighted by Gasteiger charge is -2.11. The maximum atomic E-state index is 9.36. The number of nitriles is 1. The van der Waals surface area contributed by atoms with E-state index in [2.05, 4.69) is 49.3 Å². The summed E-state index contributed by atoms with van der Waals surface area (Å²) >= 11 is 0. The van der Waals surface area contributed by atoms with Crippen molar-refractivity contribution in [1.29, 1.82) is 5.26 Å². The summed E-state index contributed by atoms with van der Waals surface area (Å²) in [6.45, 7) is 6.17. The molecule has 29 heavy (non-hydrogen) atoms. The summed E-state index contributed by atoms with van der Waals surface area (Å²) in [5.74, 6) is 1.71. The fourth-order valence-corrected chi connectivity index (χ4v) is 3.68. The van der Waals surface area contributed by atoms with E-state index in [0.717, 1.165) is 58.9 Å². The van der Waals surface area contributed by atoms with Gasteiger partial charge in [0.1, 0.15) is 5.82 Å². The van der Waals surface area contributed by atoms with Crippen LogP contribution in [0, 0.1) is 18.3 Å². The third-order valence-corrected chi connectivity index (χ3v) is 5.22. The average molecular weight is 381 g/mol. The first kappa shape index (κ1) is 18.8. The number of nitrogens with zero attached hydrogens (tertiary/aromatic N) is 5. The van der Waals surface area contributed by atoms with Gasteiger partial charge in [0.2, 0.25) is 0 Å². The molecule has 0 aliphatic carbocycles. The SMILES string of the molecule is CCc1nc2c(Cc3ccc(-c4ccccc4C#N)cc3)c(CC)nc(C)n2n1. The minimum atomic E-state index is 0.688. The van der Waals surface area contributed by atoms with E-state index in [4.69, 9.17) is 9.97 Å². The van der Waals surface area contributed by atoms with Crippen molar-refractivity contribution in [1.82, 2.24) is 19.6 Å². The van der Waals surface area contributed by atoms with Gasteiger partial charge >= 0.3 is 0 Å². The number of rotatable bonds is 5. The Labute approximate surface area is 170 Å². The summed E-state index contributed by atoms with van der Waals surface area (Å²) in [6.07, 6.45) is 2.41. The fourth-order valence-electron chi connectivity index (χ4n) is 3.68. The smallest absolute Gasteiger partial charge is 0.163 e. The lowest BCUT2D eigenvalue weighted by molar-refractivity contribution is 0.801. The molecule has 0 bridgehead atoms. The topological polar surface area (TPSA) is 66.9 Å². The van der Waals surface area contributed by atoms with Crippen molar-refractivity contribution in [2.75, 3.05) is 0 Å². The molecule has 5 heteroatoms. The predicted octanol–water partition coefficient (Wildman–Crippen LogP) is 4.69. The normalized spacial score (nSPS) is 11.0. The summed E-state index contributed by atoms with van der Waals surface area (Å²) in [5, 5.41) is 14.0. The van der Waals surface area contributed by atoms with Crippen LogP contribution in [-0.4, -0.2) is 19.6 Å². The number of fused-ring (bicyclic) bond motifs is 1. The Hall–Kier alpha value is -3.52. The highest BCUT2D eigenvalue weighted by molar-refractivity contribution is 5.70. The second-order valence-electron chi connectivity index (χ2n) is 7.09. The molecule has 0 saturated carbocycles. The van der Waals surface area contributed by atoms with Crippen molar-refractivity contribution >= 4 is 5.65 Å². The van der Waals surface area contributed by atoms with Gasteiger partial charge in [-0.2, -0.15) is 9.78 Å². The van der Waals surface area contributed by atoms with Gasteiger partial charge in [-0.3, -0.25) is 0 Å². The van der Waals surface area contributed by atoms with E-state index in [1.807, 2.05) is 35.7 Å². The lowest BCUT2D eigenvalue weighted by Crippen LogP contribution is -2.07. The van der Waals surface area contributed by atoms with Crippen molar-refractivity contribution in [3.8, 4) is 17.2 Å². The second kappa shape index (κ2) is 7.84. The van der Waals surface area contributed by atoms with Crippen molar-refractivity contribution in [3.05, 3.63) is 82.6 Å². The molecule has 0 unspecified atom stereocenters. The van der Waals surface area contributed by atoms with E-state index < -0.39 is 0 Å². The third-order valence-electron chi connectivity index (χ3n) is 5.22. The molecule has 0 radical (unpaired) electrons. The van der Waals surface area contributed by atoms with Gasteiger partial charge in [-0.15, -0.1) is 5.10 Å². The van der Waals surface area contributed by atoms with Crippen molar-refractivity contribution < 1.29 is 0 Å². The Bertz CT molecular complexity index is 1210. The first-order valence-electron chi connectivity index (χ1n) is 9.97. The van der Waals surface area contributed by atoms with Crippen LogP contribution in [-0.2, 0) is 19.3 Å². The Balaban J connectivity index is 1.73. The molecule has 4 rings (SSSR count). The van der Waals surface area contributed by atoms with Crippen molar-refractivity contribution in [2.24, 2.45) is 0 Å². The second-order valence-corrected chi connectivity index (χ2v) is 7.09. The van der Waals surface area contributed by atoms with Crippen molar-refractivity contribution in [3.63, 3.8) is 0 Å². The van der Waals surface area contributed by atoms with E-state index in [0.29, 0.717) is 5.56 Å². The van der Waals surface area contributed by atoms with E-state index in [9.17, 15) is 5.26 Å². The van der Waals surface area contributed by atoms with Gasteiger partial charge in [0.05, 0.1) is 11.6 Å². The standard InChI is InChI=1S/C24H23N5/c1-4-22-21(24-27-23(5-2)28-29(24)16(3)26-22)14-17-10-12-18(13-11-17)20-9-7-6-8-19(20)15-25/h6-13H,4-5,14H2,1-3H3. The number of hydrogen-bond acceptors (Lipinski definition) is 4. The number of hydrogen-bond donors (Lipinski definition) is 0. The average Bonchev–Trinajstić information content (AvgIpc) is 3.21. The monoisotopic (exact) mass is 381 g/mol. The fraction of sp³-hybridized carbons (Fsp3) is 0.250. The number of benzene rings is 2. The first-order chi connectivity index (χ1) is 14.1. The molecule has 5 nitrogen and oxygen atoms in total. The highest BCUT2D eigenvalue weighted by Gasteiger charge is 2.16. The molecule has 0 N–H and O–H groups in total. The Morgan fingerprint density at radius 3 is 2.41 bits per heavy atom. The lowest BCUT2D eigenvalue weighted by atomic mass is 9.97. The van der Waals surface area contributed by atoms with Crippen LogP contribution in [0.4, 0.5) is 0 Å². The van der Waals surface area contributed by atoms with E-state index in [1.165, 1.54) is 5.56 Å². The van der Waals surface area contributed by atoms with Gasteiger partial charge in [0, 0.05) is 24.1 Å². The van der Waals surface area contributed by atoms with Crippen LogP contribution < -0.4 is 0 Å². The largest absolute Gasteiger partial charge is 0.238 e. The van der Waals surface area contributed by atoms with Crippen LogP contribution in [0.3, 0.4) is 0 Å². The summed E-state index contributed by atoms with van der Waals surface area (Å²) in [5.41, 5.74) is 6.99. The molecule has 2 aromatic carbocycles. The molecule has 0 aliphatic rings. The van der Waals surface area contributed by atoms with Crippen LogP contribution in [0.5, 0.6) is 0 Å². The zero-order chi connectivity index (χ0) is 20.4. The van der Waals surface area contributed by atoms with Crippen LogP contribution in [0.15, 0.2) is 48.5 Å².